The molecule has 0 aliphatic heterocycles. The Kier molecular flexibility index (Phi) is 5.39. The van der Waals surface area contributed by atoms with Gasteiger partial charge in [0.2, 0.25) is 0 Å². The second-order valence-corrected chi connectivity index (χ2v) is 5.62. The van der Waals surface area contributed by atoms with Crippen molar-refractivity contribution in [2.45, 2.75) is 26.2 Å². The normalized spacial score (nSPS) is 12.3. The van der Waals surface area contributed by atoms with Crippen LogP contribution in [0.5, 0.6) is 5.75 Å². The summed E-state index contributed by atoms with van der Waals surface area (Å²) in [6.07, 6.45) is -0.256. The fourth-order valence-electron chi connectivity index (χ4n) is 1.76. The number of rotatable bonds is 7. The molecule has 0 amide bonds. The van der Waals surface area contributed by atoms with Crippen molar-refractivity contribution < 1.29 is 15.2 Å². The summed E-state index contributed by atoms with van der Waals surface area (Å²) in [5.41, 5.74) is 1.24. The fourth-order valence-corrected chi connectivity index (χ4v) is 2.38. The Hall–Kier alpha value is -1.36. The Bertz CT molecular complexity index is 465. The van der Waals surface area contributed by atoms with Crippen molar-refractivity contribution in [3.05, 3.63) is 52.2 Å². The third-order valence-corrected chi connectivity index (χ3v) is 3.62. The van der Waals surface area contributed by atoms with Gasteiger partial charge in [-0.2, -0.15) is 0 Å². The van der Waals surface area contributed by atoms with Gasteiger partial charge in [-0.05, 0) is 42.6 Å². The third-order valence-electron chi connectivity index (χ3n) is 2.77. The summed E-state index contributed by atoms with van der Waals surface area (Å²) in [6, 6.07) is 12.2. The van der Waals surface area contributed by atoms with Gasteiger partial charge in [0.05, 0.1) is 6.10 Å². The number of aliphatic hydroxyl groups is 1. The van der Waals surface area contributed by atoms with Gasteiger partial charge in [-0.15, -0.1) is 11.3 Å². The van der Waals surface area contributed by atoms with Gasteiger partial charge in [0, 0.05) is 10.4 Å². The lowest BCUT2D eigenvalue weighted by atomic mass is 10.2. The van der Waals surface area contributed by atoms with E-state index in [1.807, 2.05) is 18.2 Å². The molecule has 19 heavy (non-hydrogen) atoms. The molecule has 0 bridgehead atoms. The first-order chi connectivity index (χ1) is 9.24. The zero-order valence-corrected chi connectivity index (χ0v) is 11.9. The lowest BCUT2D eigenvalue weighted by Crippen LogP contribution is -2.84. The van der Waals surface area contributed by atoms with E-state index in [1.54, 1.807) is 18.3 Å². The lowest BCUT2D eigenvalue weighted by Gasteiger charge is -2.06. The highest BCUT2D eigenvalue weighted by Crippen LogP contribution is 2.16. The number of hydrogen-bond acceptors (Lipinski definition) is 3. The summed E-state index contributed by atoms with van der Waals surface area (Å²) in [5.74, 6) is 0.896. The van der Waals surface area contributed by atoms with Crippen LogP contribution >= 0.6 is 11.3 Å². The monoisotopic (exact) mass is 278 g/mol. The number of quaternary nitrogens is 1. The van der Waals surface area contributed by atoms with Crippen molar-refractivity contribution in [1.82, 2.24) is 0 Å². The minimum Gasteiger partial charge on any atom is -0.488 e. The average Bonchev–Trinajstić information content (AvgIpc) is 2.90. The van der Waals surface area contributed by atoms with Crippen LogP contribution in [0.2, 0.25) is 0 Å². The molecule has 1 aromatic heterocycles. The van der Waals surface area contributed by atoms with Gasteiger partial charge in [0.25, 0.3) is 0 Å². The number of thiophene rings is 1. The molecule has 0 fully saturated rings. The zero-order chi connectivity index (χ0) is 13.5. The summed E-state index contributed by atoms with van der Waals surface area (Å²) in [6.45, 7) is 4.05. The van der Waals surface area contributed by atoms with Crippen LogP contribution in [-0.2, 0) is 13.2 Å². The van der Waals surface area contributed by atoms with Crippen LogP contribution in [-0.4, -0.2) is 17.8 Å². The van der Waals surface area contributed by atoms with Crippen LogP contribution in [0.4, 0.5) is 0 Å². The first kappa shape index (κ1) is 14.1. The zero-order valence-electron chi connectivity index (χ0n) is 11.1. The van der Waals surface area contributed by atoms with Crippen molar-refractivity contribution in [3.8, 4) is 5.75 Å². The van der Waals surface area contributed by atoms with E-state index in [9.17, 15) is 5.11 Å². The molecule has 0 saturated heterocycles. The molecular formula is C15H20NO2S+. The Morgan fingerprint density at radius 3 is 2.68 bits per heavy atom. The highest BCUT2D eigenvalue weighted by molar-refractivity contribution is 7.09. The molecule has 0 unspecified atom stereocenters. The molecule has 1 atom stereocenters. The van der Waals surface area contributed by atoms with Crippen LogP contribution in [0.15, 0.2) is 41.8 Å². The lowest BCUT2D eigenvalue weighted by molar-refractivity contribution is -0.676. The standard InChI is InChI=1S/C15H19NO2S/c1-12(17)9-16-10-13-4-6-14(7-5-13)18-11-15-3-2-8-19-15/h2-8,12,16-17H,9-11H2,1H3/p+1/t12-/m0/s1. The van der Waals surface area contributed by atoms with Gasteiger partial charge in [-0.3, -0.25) is 0 Å². The van der Waals surface area contributed by atoms with Gasteiger partial charge < -0.3 is 15.2 Å². The largest absolute Gasteiger partial charge is 0.488 e. The van der Waals surface area contributed by atoms with Crippen molar-refractivity contribution in [2.24, 2.45) is 0 Å². The maximum atomic E-state index is 9.18. The first-order valence-electron chi connectivity index (χ1n) is 6.48. The molecule has 4 heteroatoms. The molecule has 0 saturated carbocycles. The van der Waals surface area contributed by atoms with E-state index in [4.69, 9.17) is 4.74 Å². The summed E-state index contributed by atoms with van der Waals surface area (Å²) < 4.78 is 5.71. The first-order valence-corrected chi connectivity index (χ1v) is 7.36. The SMILES string of the molecule is C[C@H](O)C[NH2+]Cc1ccc(OCc2cccs2)cc1. The predicted molar refractivity (Wildman–Crippen MR) is 77.3 cm³/mol. The van der Waals surface area contributed by atoms with Crippen LogP contribution in [0, 0.1) is 0 Å². The second-order valence-electron chi connectivity index (χ2n) is 4.59. The second kappa shape index (κ2) is 7.28. The van der Waals surface area contributed by atoms with Gasteiger partial charge in [0.1, 0.15) is 25.4 Å². The van der Waals surface area contributed by atoms with Gasteiger partial charge in [0.15, 0.2) is 0 Å². The Balaban J connectivity index is 1.77. The molecule has 1 aromatic carbocycles. The van der Waals surface area contributed by atoms with Crippen molar-refractivity contribution in [1.29, 1.82) is 0 Å². The highest BCUT2D eigenvalue weighted by Gasteiger charge is 2.01. The molecular weight excluding hydrogens is 258 g/mol. The molecule has 102 valence electrons. The van der Waals surface area contributed by atoms with E-state index in [1.165, 1.54) is 10.4 Å². The third kappa shape index (κ3) is 5.03. The minimum atomic E-state index is -0.256. The van der Waals surface area contributed by atoms with E-state index in [0.29, 0.717) is 6.61 Å². The number of nitrogens with two attached hydrogens (primary N) is 1. The minimum absolute atomic E-state index is 0.256. The fraction of sp³-hybridized carbons (Fsp3) is 0.333. The van der Waals surface area contributed by atoms with E-state index in [2.05, 4.69) is 28.9 Å². The number of hydrogen-bond donors (Lipinski definition) is 2. The van der Waals surface area contributed by atoms with Crippen LogP contribution in [0.1, 0.15) is 17.4 Å². The molecule has 3 N–H and O–H groups in total. The molecule has 2 rings (SSSR count). The van der Waals surface area contributed by atoms with Crippen molar-refractivity contribution in [3.63, 3.8) is 0 Å². The van der Waals surface area contributed by atoms with Gasteiger partial charge in [-0.1, -0.05) is 6.07 Å². The molecule has 0 spiro atoms. The summed E-state index contributed by atoms with van der Waals surface area (Å²) in [5, 5.41) is 13.3. The molecule has 0 aliphatic rings. The molecule has 3 nitrogen and oxygen atoms in total. The van der Waals surface area contributed by atoms with Crippen molar-refractivity contribution in [2.75, 3.05) is 6.54 Å². The maximum absolute atomic E-state index is 9.18. The summed E-state index contributed by atoms with van der Waals surface area (Å²) in [7, 11) is 0. The van der Waals surface area contributed by atoms with E-state index >= 15 is 0 Å². The van der Waals surface area contributed by atoms with E-state index < -0.39 is 0 Å². The van der Waals surface area contributed by atoms with Gasteiger partial charge >= 0.3 is 0 Å². The number of benzene rings is 1. The maximum Gasteiger partial charge on any atom is 0.122 e. The summed E-state index contributed by atoms with van der Waals surface area (Å²) >= 11 is 1.71. The Morgan fingerprint density at radius 2 is 2.05 bits per heavy atom. The molecule has 1 heterocycles. The number of ether oxygens (including phenoxy) is 1. The average molecular weight is 278 g/mol. The molecule has 0 aliphatic carbocycles. The predicted octanol–water partition coefficient (Wildman–Crippen LogP) is 1.77. The van der Waals surface area contributed by atoms with E-state index in [0.717, 1.165) is 18.8 Å². The Labute approximate surface area is 117 Å². The van der Waals surface area contributed by atoms with Crippen LogP contribution in [0.3, 0.4) is 0 Å². The number of aliphatic hydroxyl groups excluding tert-OH is 1. The highest BCUT2D eigenvalue weighted by atomic mass is 32.1. The van der Waals surface area contributed by atoms with E-state index in [-0.39, 0.29) is 6.10 Å². The molecule has 2 aromatic rings. The summed E-state index contributed by atoms with van der Waals surface area (Å²) in [4.78, 5) is 1.23. The van der Waals surface area contributed by atoms with Crippen LogP contribution < -0.4 is 10.1 Å². The van der Waals surface area contributed by atoms with Gasteiger partial charge in [-0.25, -0.2) is 0 Å². The Morgan fingerprint density at radius 1 is 1.26 bits per heavy atom. The smallest absolute Gasteiger partial charge is 0.122 e. The van der Waals surface area contributed by atoms with Crippen LogP contribution in [0.25, 0.3) is 0 Å². The van der Waals surface area contributed by atoms with Crippen molar-refractivity contribution >= 4 is 11.3 Å². The quantitative estimate of drug-likeness (QED) is 0.811. The topological polar surface area (TPSA) is 46.1 Å². The molecule has 0 radical (unpaired) electrons.